The Balaban J connectivity index is 1.38. The molecule has 7 heteroatoms. The normalized spacial score (nSPS) is 24.2. The van der Waals surface area contributed by atoms with Crippen molar-refractivity contribution in [3.8, 4) is 11.3 Å². The van der Waals surface area contributed by atoms with Crippen LogP contribution < -0.4 is 5.32 Å². The summed E-state index contributed by atoms with van der Waals surface area (Å²) in [6.07, 6.45) is 9.45. The number of rotatable bonds is 3. The summed E-state index contributed by atoms with van der Waals surface area (Å²) in [6, 6.07) is 10.5. The third-order valence-corrected chi connectivity index (χ3v) is 8.06. The van der Waals surface area contributed by atoms with Gasteiger partial charge < -0.3 is 15.0 Å². The molecule has 1 amide bonds. The molecule has 0 saturated heterocycles. The summed E-state index contributed by atoms with van der Waals surface area (Å²) in [5.74, 6) is 1.12. The van der Waals surface area contributed by atoms with Gasteiger partial charge in [0.05, 0.1) is 22.9 Å². The third-order valence-electron chi connectivity index (χ3n) is 8.06. The summed E-state index contributed by atoms with van der Waals surface area (Å²) in [4.78, 5) is 25.9. The van der Waals surface area contributed by atoms with Crippen molar-refractivity contribution in [2.75, 3.05) is 0 Å². The van der Waals surface area contributed by atoms with Crippen LogP contribution in [0.15, 0.2) is 42.7 Å². The van der Waals surface area contributed by atoms with Gasteiger partial charge in [0.1, 0.15) is 11.4 Å². The van der Waals surface area contributed by atoms with Gasteiger partial charge >= 0.3 is 6.09 Å². The number of carbonyl (C=O) groups is 1. The average molecular weight is 472 g/mol. The van der Waals surface area contributed by atoms with Gasteiger partial charge in [-0.3, -0.25) is 4.40 Å². The molecule has 3 fully saturated rings. The van der Waals surface area contributed by atoms with Gasteiger partial charge in [0.2, 0.25) is 0 Å². The van der Waals surface area contributed by atoms with Crippen LogP contribution >= 0.6 is 0 Å². The van der Waals surface area contributed by atoms with Crippen molar-refractivity contribution in [1.82, 2.24) is 24.7 Å². The smallest absolute Gasteiger partial charge is 0.408 e. The van der Waals surface area contributed by atoms with Gasteiger partial charge in [0.25, 0.3) is 0 Å². The molecule has 0 radical (unpaired) electrons. The van der Waals surface area contributed by atoms with E-state index in [9.17, 15) is 4.79 Å². The van der Waals surface area contributed by atoms with E-state index in [2.05, 4.69) is 52.0 Å². The number of benzene rings is 1. The van der Waals surface area contributed by atoms with E-state index in [0.29, 0.717) is 0 Å². The maximum atomic E-state index is 12.5. The summed E-state index contributed by atoms with van der Waals surface area (Å²) in [5, 5.41) is 3.24. The second kappa shape index (κ2) is 7.57. The number of nitrogens with zero attached hydrogens (tertiary/aromatic N) is 3. The van der Waals surface area contributed by atoms with Crippen molar-refractivity contribution >= 4 is 22.8 Å². The molecule has 182 valence electrons. The molecule has 3 aliphatic rings. The topological polar surface area (TPSA) is 84.3 Å². The third kappa shape index (κ3) is 3.60. The van der Waals surface area contributed by atoms with Crippen molar-refractivity contribution in [2.45, 2.75) is 82.8 Å². The zero-order valence-corrected chi connectivity index (χ0v) is 20.9. The first-order valence-corrected chi connectivity index (χ1v) is 12.6. The van der Waals surface area contributed by atoms with Crippen molar-refractivity contribution in [3.05, 3.63) is 54.1 Å². The Morgan fingerprint density at radius 2 is 1.77 bits per heavy atom. The predicted molar refractivity (Wildman–Crippen MR) is 136 cm³/mol. The fourth-order valence-electron chi connectivity index (χ4n) is 6.19. The highest BCUT2D eigenvalue weighted by atomic mass is 16.6. The highest BCUT2D eigenvalue weighted by Crippen LogP contribution is 2.53. The number of aryl methyl sites for hydroxylation is 1. The van der Waals surface area contributed by atoms with E-state index in [0.717, 1.165) is 72.3 Å². The van der Waals surface area contributed by atoms with E-state index >= 15 is 0 Å². The van der Waals surface area contributed by atoms with E-state index in [4.69, 9.17) is 14.7 Å². The lowest BCUT2D eigenvalue weighted by Gasteiger charge is -2.52. The number of aromatic amines is 1. The molecule has 0 unspecified atom stereocenters. The molecular weight excluding hydrogens is 438 g/mol. The van der Waals surface area contributed by atoms with Crippen LogP contribution in [-0.2, 0) is 10.2 Å². The molecule has 1 aromatic carbocycles. The van der Waals surface area contributed by atoms with E-state index in [1.807, 2.05) is 33.2 Å². The van der Waals surface area contributed by atoms with Crippen LogP contribution in [-0.4, -0.2) is 36.6 Å². The molecule has 0 spiro atoms. The van der Waals surface area contributed by atoms with Gasteiger partial charge in [-0.15, -0.1) is 0 Å². The molecule has 35 heavy (non-hydrogen) atoms. The molecule has 0 aliphatic heterocycles. The van der Waals surface area contributed by atoms with E-state index in [1.54, 1.807) is 0 Å². The minimum absolute atomic E-state index is 0.00165. The summed E-state index contributed by atoms with van der Waals surface area (Å²) in [5.41, 5.74) is 5.60. The minimum atomic E-state index is -0.493. The van der Waals surface area contributed by atoms with E-state index in [1.165, 1.54) is 5.56 Å². The maximum absolute atomic E-state index is 12.5. The number of amides is 1. The van der Waals surface area contributed by atoms with Crippen LogP contribution in [0.2, 0.25) is 0 Å². The number of aromatic nitrogens is 4. The number of carbonyl (C=O) groups excluding carboxylic acids is 1. The molecule has 2 bridgehead atoms. The van der Waals surface area contributed by atoms with Crippen molar-refractivity contribution < 1.29 is 9.53 Å². The van der Waals surface area contributed by atoms with Crippen molar-refractivity contribution in [1.29, 1.82) is 0 Å². The Kier molecular flexibility index (Phi) is 4.79. The van der Waals surface area contributed by atoms with Gasteiger partial charge in [-0.1, -0.05) is 24.3 Å². The molecule has 0 atom stereocenters. The summed E-state index contributed by atoms with van der Waals surface area (Å²) in [7, 11) is 0. The molecule has 2 N–H and O–H groups in total. The lowest BCUT2D eigenvalue weighted by atomic mass is 9.57. The fourth-order valence-corrected chi connectivity index (χ4v) is 6.19. The highest BCUT2D eigenvalue weighted by molar-refractivity contribution is 5.87. The molecular formula is C28H33N5O2. The first-order valence-electron chi connectivity index (χ1n) is 12.6. The molecule has 3 heterocycles. The fraction of sp³-hybridized carbons (Fsp3) is 0.464. The van der Waals surface area contributed by atoms with Gasteiger partial charge in [0.15, 0.2) is 5.65 Å². The van der Waals surface area contributed by atoms with Crippen LogP contribution in [0.1, 0.15) is 70.7 Å². The zero-order chi connectivity index (χ0) is 24.4. The average Bonchev–Trinajstić information content (AvgIpc) is 3.46. The molecule has 3 aromatic heterocycles. The second-order valence-corrected chi connectivity index (χ2v) is 11.5. The Bertz CT molecular complexity index is 1420. The number of hydrogen-bond donors (Lipinski definition) is 2. The van der Waals surface area contributed by atoms with Crippen LogP contribution in [0, 0.1) is 6.92 Å². The number of H-pyrrole nitrogens is 1. The Hall–Kier alpha value is -3.35. The first kappa shape index (κ1) is 22.1. The lowest BCUT2D eigenvalue weighted by Crippen LogP contribution is -2.58. The van der Waals surface area contributed by atoms with Crippen LogP contribution in [0.3, 0.4) is 0 Å². The van der Waals surface area contributed by atoms with Gasteiger partial charge in [-0.05, 0) is 77.8 Å². The van der Waals surface area contributed by atoms with Crippen LogP contribution in [0.4, 0.5) is 4.79 Å². The molecule has 7 nitrogen and oxygen atoms in total. The standard InChI is InChI=1S/C28H33N5O2/c1-18-7-5-6-8-19(18)22-21-17-30-24(33(21)20-9-16-29-23(20)31-22)27-10-13-28(14-11-27,15-12-27)32-25(34)35-26(2,3)4/h5-9,16-17,29H,10-15H2,1-4H3,(H,32,34). The predicted octanol–water partition coefficient (Wildman–Crippen LogP) is 6.06. The summed E-state index contributed by atoms with van der Waals surface area (Å²) in [6.45, 7) is 7.84. The largest absolute Gasteiger partial charge is 0.444 e. The number of ether oxygens (including phenoxy) is 1. The van der Waals surface area contributed by atoms with Gasteiger partial charge in [-0.2, -0.15) is 0 Å². The number of imidazole rings is 1. The van der Waals surface area contributed by atoms with E-state index in [-0.39, 0.29) is 17.0 Å². The zero-order valence-electron chi connectivity index (χ0n) is 20.9. The highest BCUT2D eigenvalue weighted by Gasteiger charge is 2.52. The van der Waals surface area contributed by atoms with Gasteiger partial charge in [-0.25, -0.2) is 14.8 Å². The lowest BCUT2D eigenvalue weighted by molar-refractivity contribution is 0.0247. The SMILES string of the molecule is Cc1ccccc1-c1nc2[nH]ccc2n2c(C34CCC(NC(=O)OC(C)(C)C)(CC3)CC4)ncc12. The molecule has 3 saturated carbocycles. The Morgan fingerprint density at radius 3 is 2.46 bits per heavy atom. The first-order chi connectivity index (χ1) is 16.7. The number of hydrogen-bond acceptors (Lipinski definition) is 4. The second-order valence-electron chi connectivity index (χ2n) is 11.5. The van der Waals surface area contributed by atoms with Crippen molar-refractivity contribution in [3.63, 3.8) is 0 Å². The monoisotopic (exact) mass is 471 g/mol. The van der Waals surface area contributed by atoms with Gasteiger partial charge in [0, 0.05) is 22.7 Å². The van der Waals surface area contributed by atoms with Crippen LogP contribution in [0.25, 0.3) is 27.9 Å². The molecule has 3 aliphatic carbocycles. The quantitative estimate of drug-likeness (QED) is 0.381. The molecule has 7 rings (SSSR count). The van der Waals surface area contributed by atoms with Crippen LogP contribution in [0.5, 0.6) is 0 Å². The number of fused-ring (bicyclic) bond motifs is 6. The maximum Gasteiger partial charge on any atom is 0.408 e. The summed E-state index contributed by atoms with van der Waals surface area (Å²) >= 11 is 0. The summed E-state index contributed by atoms with van der Waals surface area (Å²) < 4.78 is 7.90. The molecule has 4 aromatic rings. The number of alkyl carbamates (subject to hydrolysis) is 1. The van der Waals surface area contributed by atoms with E-state index < -0.39 is 5.60 Å². The van der Waals surface area contributed by atoms with Crippen molar-refractivity contribution in [2.24, 2.45) is 0 Å². The Morgan fingerprint density at radius 1 is 1.06 bits per heavy atom. The minimum Gasteiger partial charge on any atom is -0.444 e. The number of nitrogens with one attached hydrogen (secondary N) is 2. The Labute approximate surface area is 205 Å².